The van der Waals surface area contributed by atoms with Gasteiger partial charge in [-0.3, -0.25) is 0 Å². The molecule has 0 saturated heterocycles. The molecule has 0 amide bonds. The summed E-state index contributed by atoms with van der Waals surface area (Å²) in [7, 11) is 0. The van der Waals surface area contributed by atoms with Crippen LogP contribution in [0, 0.1) is 11.3 Å². The molecular weight excluding hydrogens is 283 g/mol. The maximum absolute atomic E-state index is 8.03. The maximum atomic E-state index is 8.03. The topological polar surface area (TPSA) is 49.8 Å². The Labute approximate surface area is 63.8 Å². The van der Waals surface area contributed by atoms with Crippen molar-refractivity contribution in [2.45, 2.75) is 19.4 Å². The van der Waals surface area contributed by atoms with Gasteiger partial charge in [-0.25, -0.2) is 0 Å². The van der Waals surface area contributed by atoms with Gasteiger partial charge in [-0.15, -0.1) is 0 Å². The van der Waals surface area contributed by atoms with Gasteiger partial charge in [0.1, 0.15) is 0 Å². The molecule has 0 aromatic heterocycles. The van der Waals surface area contributed by atoms with Crippen LogP contribution < -0.4 is 5.73 Å². The molecule has 0 aliphatic rings. The first kappa shape index (κ1) is 10.4. The third-order valence-electron chi connectivity index (χ3n) is 0.288. The molecule has 0 unspecified atom stereocenters. The molecule has 2 radical (unpaired) electrons. The molecule has 0 aromatic carbocycles. The number of nitrogens with zero attached hydrogens (tertiary/aromatic N) is 1. The molecule has 7 heavy (non-hydrogen) atoms. The first-order valence-electron chi connectivity index (χ1n) is 1.76. The van der Waals surface area contributed by atoms with Gasteiger partial charge in [0.2, 0.25) is 0 Å². The van der Waals surface area contributed by atoms with Crippen LogP contribution in [0.1, 0.15) is 13.8 Å². The summed E-state index contributed by atoms with van der Waals surface area (Å²) in [6.07, 6.45) is 0. The van der Waals surface area contributed by atoms with E-state index in [4.69, 9.17) is 11.0 Å². The summed E-state index contributed by atoms with van der Waals surface area (Å²) in [6, 6.07) is 1.88. The summed E-state index contributed by atoms with van der Waals surface area (Å²) >= 11 is 0. The molecule has 0 saturated carbocycles. The second-order valence-corrected chi connectivity index (χ2v) is 1.83. The molecule has 2 N–H and O–H groups in total. The van der Waals surface area contributed by atoms with Crippen molar-refractivity contribution in [1.29, 1.82) is 5.26 Å². The third kappa shape index (κ3) is 10.7. The fourth-order valence-corrected chi connectivity index (χ4v) is 0. The SMILES string of the molecule is CC(C)(N)C#N.[PbH2]. The minimum atomic E-state index is -0.653. The summed E-state index contributed by atoms with van der Waals surface area (Å²) in [5, 5.41) is 8.03. The normalized spacial score (nSPS) is 8.86. The van der Waals surface area contributed by atoms with Crippen LogP contribution in [-0.4, -0.2) is 32.8 Å². The number of rotatable bonds is 0. The molecule has 0 spiro atoms. The van der Waals surface area contributed by atoms with Crippen LogP contribution in [0.3, 0.4) is 0 Å². The van der Waals surface area contributed by atoms with Crippen molar-refractivity contribution in [3.05, 3.63) is 0 Å². The fraction of sp³-hybridized carbons (Fsp3) is 0.750. The molecule has 0 heterocycles. The molecule has 2 nitrogen and oxygen atoms in total. The monoisotopic (exact) mass is 294 g/mol. The van der Waals surface area contributed by atoms with Crippen molar-refractivity contribution in [3.8, 4) is 6.07 Å². The Balaban J connectivity index is 0. The molecule has 40 valence electrons. The molecule has 0 bridgehead atoms. The number of hydrogen-bond acceptors (Lipinski definition) is 2. The predicted octanol–water partition coefficient (Wildman–Crippen LogP) is -0.669. The van der Waals surface area contributed by atoms with Crippen LogP contribution >= 0.6 is 0 Å². The van der Waals surface area contributed by atoms with Gasteiger partial charge in [0.15, 0.2) is 0 Å². The van der Waals surface area contributed by atoms with E-state index in [0.717, 1.165) is 0 Å². The summed E-state index contributed by atoms with van der Waals surface area (Å²) in [5.41, 5.74) is 4.52. The van der Waals surface area contributed by atoms with E-state index in [1.165, 1.54) is 0 Å². The Kier molecular flexibility index (Phi) is 5.01. The van der Waals surface area contributed by atoms with Crippen molar-refractivity contribution >= 4 is 27.3 Å². The Morgan fingerprint density at radius 2 is 1.71 bits per heavy atom. The number of hydrogen-bond donors (Lipinski definition) is 1. The predicted molar refractivity (Wildman–Crippen MR) is 32.4 cm³/mol. The van der Waals surface area contributed by atoms with E-state index in [-0.39, 0.29) is 27.3 Å². The Bertz CT molecular complexity index is 76.7. The van der Waals surface area contributed by atoms with Gasteiger partial charge in [0.05, 0.1) is 11.6 Å². The first-order chi connectivity index (χ1) is 2.56. The Morgan fingerprint density at radius 3 is 1.71 bits per heavy atom. The van der Waals surface area contributed by atoms with Crippen molar-refractivity contribution in [1.82, 2.24) is 0 Å². The van der Waals surface area contributed by atoms with Crippen LogP contribution in [0.4, 0.5) is 0 Å². The molecular formula is C4H10N2Pb. The van der Waals surface area contributed by atoms with E-state index in [0.29, 0.717) is 0 Å². The van der Waals surface area contributed by atoms with Gasteiger partial charge in [-0.2, -0.15) is 5.26 Å². The van der Waals surface area contributed by atoms with E-state index >= 15 is 0 Å². The van der Waals surface area contributed by atoms with Gasteiger partial charge >= 0.3 is 27.3 Å². The Morgan fingerprint density at radius 1 is 1.57 bits per heavy atom. The third-order valence-corrected chi connectivity index (χ3v) is 0.288. The quantitative estimate of drug-likeness (QED) is 0.602. The van der Waals surface area contributed by atoms with Gasteiger partial charge in [0.25, 0.3) is 0 Å². The van der Waals surface area contributed by atoms with Crippen molar-refractivity contribution in [2.24, 2.45) is 5.73 Å². The molecule has 0 aliphatic carbocycles. The fourth-order valence-electron chi connectivity index (χ4n) is 0. The van der Waals surface area contributed by atoms with Crippen LogP contribution in [-0.2, 0) is 0 Å². The molecule has 0 atom stereocenters. The van der Waals surface area contributed by atoms with E-state index in [1.54, 1.807) is 13.8 Å². The number of nitriles is 1. The van der Waals surface area contributed by atoms with E-state index in [9.17, 15) is 0 Å². The van der Waals surface area contributed by atoms with Crippen molar-refractivity contribution in [2.75, 3.05) is 0 Å². The van der Waals surface area contributed by atoms with E-state index < -0.39 is 5.54 Å². The van der Waals surface area contributed by atoms with Crippen molar-refractivity contribution < 1.29 is 0 Å². The second-order valence-electron chi connectivity index (χ2n) is 1.83. The van der Waals surface area contributed by atoms with E-state index in [2.05, 4.69) is 0 Å². The number of nitrogens with two attached hydrogens (primary N) is 1. The molecule has 0 rings (SSSR count). The summed E-state index contributed by atoms with van der Waals surface area (Å²) in [4.78, 5) is 0. The van der Waals surface area contributed by atoms with E-state index in [1.807, 2.05) is 6.07 Å². The summed E-state index contributed by atoms with van der Waals surface area (Å²) < 4.78 is 0. The molecule has 3 heteroatoms. The van der Waals surface area contributed by atoms with Gasteiger partial charge in [0, 0.05) is 0 Å². The molecule has 0 aliphatic heterocycles. The summed E-state index contributed by atoms with van der Waals surface area (Å²) in [5.74, 6) is 0. The average molecular weight is 293 g/mol. The first-order valence-corrected chi connectivity index (χ1v) is 1.76. The molecule has 0 fully saturated rings. The second kappa shape index (κ2) is 3.38. The average Bonchev–Trinajstić information content (AvgIpc) is 1.35. The van der Waals surface area contributed by atoms with Gasteiger partial charge in [-0.05, 0) is 13.8 Å². The standard InChI is InChI=1S/C4H8N2.Pb.2H/c1-4(2,6)3-5;;;/h6H2,1-2H3;;;. The minimum absolute atomic E-state index is 0. The van der Waals surface area contributed by atoms with Crippen molar-refractivity contribution in [3.63, 3.8) is 0 Å². The van der Waals surface area contributed by atoms with Crippen LogP contribution in [0.2, 0.25) is 0 Å². The van der Waals surface area contributed by atoms with Crippen LogP contribution in [0.25, 0.3) is 0 Å². The van der Waals surface area contributed by atoms with Gasteiger partial charge < -0.3 is 5.73 Å². The van der Waals surface area contributed by atoms with Crippen LogP contribution in [0.5, 0.6) is 0 Å². The zero-order valence-electron chi connectivity index (χ0n) is 4.73. The molecule has 0 aromatic rings. The Hall–Kier alpha value is 0.372. The van der Waals surface area contributed by atoms with Crippen LogP contribution in [0.15, 0.2) is 0 Å². The zero-order valence-corrected chi connectivity index (χ0v) is 10.2. The zero-order chi connectivity index (χ0) is 5.21. The summed E-state index contributed by atoms with van der Waals surface area (Å²) in [6.45, 7) is 3.32. The van der Waals surface area contributed by atoms with Gasteiger partial charge in [-0.1, -0.05) is 0 Å².